The van der Waals surface area contributed by atoms with Crippen LogP contribution in [0.4, 0.5) is 18.9 Å². The summed E-state index contributed by atoms with van der Waals surface area (Å²) in [5.74, 6) is -0.861. The summed E-state index contributed by atoms with van der Waals surface area (Å²) in [6, 6.07) is 0.474. The molecule has 2 fully saturated rings. The Balaban J connectivity index is 1.97. The van der Waals surface area contributed by atoms with Crippen molar-refractivity contribution in [2.75, 3.05) is 18.4 Å². The summed E-state index contributed by atoms with van der Waals surface area (Å²) in [5.41, 5.74) is 3.10. The number of primary amides is 1. The van der Waals surface area contributed by atoms with E-state index in [0.29, 0.717) is 13.0 Å². The van der Waals surface area contributed by atoms with E-state index in [1.54, 1.807) is 0 Å². The molecule has 3 rings (SSSR count). The number of carbonyl (C=O) groups is 1. The molecule has 1 aromatic heterocycles. The zero-order chi connectivity index (χ0) is 17.5. The number of nitrogens with one attached hydrogen (secondary N) is 2. The molecule has 132 valence electrons. The minimum absolute atomic E-state index is 0.0865. The highest BCUT2D eigenvalue weighted by atomic mass is 19.3. The summed E-state index contributed by atoms with van der Waals surface area (Å²) < 4.78 is 41.3. The van der Waals surface area contributed by atoms with Gasteiger partial charge in [-0.3, -0.25) is 9.59 Å². The van der Waals surface area contributed by atoms with Gasteiger partial charge in [0.25, 0.3) is 17.9 Å². The number of aromatic nitrogens is 1. The van der Waals surface area contributed by atoms with Crippen LogP contribution in [0.15, 0.2) is 17.1 Å². The number of halogens is 3. The predicted molar refractivity (Wildman–Crippen MR) is 82.2 cm³/mol. The number of piperidine rings is 1. The van der Waals surface area contributed by atoms with E-state index in [9.17, 15) is 22.8 Å². The van der Waals surface area contributed by atoms with Crippen LogP contribution in [-0.4, -0.2) is 42.2 Å². The quantitative estimate of drug-likeness (QED) is 0.738. The van der Waals surface area contributed by atoms with E-state index in [0.717, 1.165) is 16.8 Å². The van der Waals surface area contributed by atoms with Crippen molar-refractivity contribution in [2.24, 2.45) is 5.73 Å². The third kappa shape index (κ3) is 2.88. The van der Waals surface area contributed by atoms with Crippen molar-refractivity contribution in [1.29, 1.82) is 0 Å². The van der Waals surface area contributed by atoms with E-state index in [1.165, 1.54) is 0 Å². The first-order chi connectivity index (χ1) is 11.3. The van der Waals surface area contributed by atoms with E-state index < -0.39 is 35.6 Å². The van der Waals surface area contributed by atoms with Gasteiger partial charge in [-0.25, -0.2) is 13.2 Å². The maximum Gasteiger partial charge on any atom is 0.261 e. The molecule has 1 aliphatic carbocycles. The van der Waals surface area contributed by atoms with Crippen molar-refractivity contribution in [2.45, 2.75) is 43.4 Å². The van der Waals surface area contributed by atoms with Gasteiger partial charge in [0, 0.05) is 18.8 Å². The van der Waals surface area contributed by atoms with Crippen molar-refractivity contribution in [3.63, 3.8) is 0 Å². The summed E-state index contributed by atoms with van der Waals surface area (Å²) in [6.45, 7) is 0.755. The molecule has 1 aromatic rings. The van der Waals surface area contributed by atoms with Crippen LogP contribution in [0.5, 0.6) is 0 Å². The average molecular weight is 344 g/mol. The SMILES string of the molecule is NC(=O)c1cn(C2(C(F)F)CC2)c(=O)cc1N[C@@H]1CCNC[C@@H]1F. The van der Waals surface area contributed by atoms with Gasteiger partial charge in [-0.2, -0.15) is 0 Å². The van der Waals surface area contributed by atoms with Crippen LogP contribution in [0.25, 0.3) is 0 Å². The standard InChI is InChI=1S/C15H19F3N4O2/c16-9-6-20-4-1-10(9)21-11-5-12(23)22(7-8(11)13(19)24)15(2-3-15)14(17)18/h5,7,9-10,14,20-21H,1-4,6H2,(H2,19,24)/t9-,10+/m0/s1. The van der Waals surface area contributed by atoms with E-state index in [4.69, 9.17) is 5.73 Å². The maximum atomic E-state index is 13.9. The van der Waals surface area contributed by atoms with E-state index >= 15 is 0 Å². The molecule has 0 unspecified atom stereocenters. The first-order valence-electron chi connectivity index (χ1n) is 7.81. The summed E-state index contributed by atoms with van der Waals surface area (Å²) in [7, 11) is 0. The van der Waals surface area contributed by atoms with Crippen molar-refractivity contribution < 1.29 is 18.0 Å². The molecule has 1 saturated carbocycles. The maximum absolute atomic E-state index is 13.9. The molecule has 2 atom stereocenters. The second kappa shape index (κ2) is 6.12. The molecular weight excluding hydrogens is 325 g/mol. The molecule has 0 spiro atoms. The lowest BCUT2D eigenvalue weighted by molar-refractivity contribution is 0.0649. The number of rotatable bonds is 5. The number of anilines is 1. The fourth-order valence-corrected chi connectivity index (χ4v) is 3.07. The lowest BCUT2D eigenvalue weighted by atomic mass is 10.0. The Labute approximate surface area is 136 Å². The molecule has 6 nitrogen and oxygen atoms in total. The van der Waals surface area contributed by atoms with Gasteiger partial charge < -0.3 is 20.9 Å². The van der Waals surface area contributed by atoms with Crippen molar-refractivity contribution >= 4 is 11.6 Å². The Bertz CT molecular complexity index is 702. The number of hydrogen-bond donors (Lipinski definition) is 3. The van der Waals surface area contributed by atoms with Gasteiger partial charge in [-0.15, -0.1) is 0 Å². The lowest BCUT2D eigenvalue weighted by Crippen LogP contribution is -2.46. The monoisotopic (exact) mass is 344 g/mol. The number of pyridine rings is 1. The molecule has 9 heteroatoms. The Hall–Kier alpha value is -2.03. The number of hydrogen-bond acceptors (Lipinski definition) is 4. The molecular formula is C15H19F3N4O2. The van der Waals surface area contributed by atoms with E-state index in [-0.39, 0.29) is 30.6 Å². The topological polar surface area (TPSA) is 89.2 Å². The van der Waals surface area contributed by atoms with E-state index in [2.05, 4.69) is 10.6 Å². The highest BCUT2D eigenvalue weighted by molar-refractivity contribution is 5.98. The summed E-state index contributed by atoms with van der Waals surface area (Å²) in [5, 5.41) is 5.73. The smallest absolute Gasteiger partial charge is 0.261 e. The third-order valence-electron chi connectivity index (χ3n) is 4.72. The van der Waals surface area contributed by atoms with Crippen LogP contribution >= 0.6 is 0 Å². The van der Waals surface area contributed by atoms with Crippen LogP contribution in [0.2, 0.25) is 0 Å². The minimum atomic E-state index is -2.71. The molecule has 0 radical (unpaired) electrons. The largest absolute Gasteiger partial charge is 0.378 e. The molecule has 4 N–H and O–H groups in total. The van der Waals surface area contributed by atoms with Gasteiger partial charge in [0.2, 0.25) is 0 Å². The number of nitrogens with zero attached hydrogens (tertiary/aromatic N) is 1. The Morgan fingerprint density at radius 3 is 2.71 bits per heavy atom. The fraction of sp³-hybridized carbons (Fsp3) is 0.600. The summed E-state index contributed by atoms with van der Waals surface area (Å²) in [6.07, 6.45) is -2.05. The van der Waals surface area contributed by atoms with Gasteiger partial charge in [-0.1, -0.05) is 0 Å². The molecule has 1 saturated heterocycles. The first kappa shape index (κ1) is 16.8. The molecule has 0 aromatic carbocycles. The summed E-state index contributed by atoms with van der Waals surface area (Å²) >= 11 is 0. The van der Waals surface area contributed by atoms with Gasteiger partial charge in [-0.05, 0) is 25.8 Å². The van der Waals surface area contributed by atoms with Crippen molar-refractivity contribution in [1.82, 2.24) is 9.88 Å². The molecule has 1 amide bonds. The molecule has 2 aliphatic rings. The zero-order valence-electron chi connectivity index (χ0n) is 12.9. The average Bonchev–Trinajstić information content (AvgIpc) is 3.31. The molecule has 24 heavy (non-hydrogen) atoms. The van der Waals surface area contributed by atoms with Crippen molar-refractivity contribution in [3.05, 3.63) is 28.2 Å². The Morgan fingerprint density at radius 1 is 1.46 bits per heavy atom. The van der Waals surface area contributed by atoms with Crippen LogP contribution in [-0.2, 0) is 5.54 Å². The highest BCUT2D eigenvalue weighted by Gasteiger charge is 2.53. The molecule has 2 heterocycles. The molecule has 1 aliphatic heterocycles. The number of amides is 1. The van der Waals surface area contributed by atoms with Crippen LogP contribution in [0.1, 0.15) is 29.6 Å². The van der Waals surface area contributed by atoms with Crippen LogP contribution in [0.3, 0.4) is 0 Å². The van der Waals surface area contributed by atoms with Gasteiger partial charge in [0.1, 0.15) is 11.7 Å². The fourth-order valence-electron chi connectivity index (χ4n) is 3.07. The Morgan fingerprint density at radius 2 is 2.17 bits per heavy atom. The summed E-state index contributed by atoms with van der Waals surface area (Å²) in [4.78, 5) is 24.0. The highest BCUT2D eigenvalue weighted by Crippen LogP contribution is 2.47. The minimum Gasteiger partial charge on any atom is -0.378 e. The predicted octanol–water partition coefficient (Wildman–Crippen LogP) is 0.813. The third-order valence-corrected chi connectivity index (χ3v) is 4.72. The first-order valence-corrected chi connectivity index (χ1v) is 7.81. The van der Waals surface area contributed by atoms with Gasteiger partial charge in [0.05, 0.1) is 17.3 Å². The Kier molecular flexibility index (Phi) is 4.29. The number of nitrogens with two attached hydrogens (primary N) is 1. The van der Waals surface area contributed by atoms with Crippen molar-refractivity contribution in [3.8, 4) is 0 Å². The lowest BCUT2D eigenvalue weighted by Gasteiger charge is -2.29. The van der Waals surface area contributed by atoms with E-state index in [1.807, 2.05) is 0 Å². The normalized spacial score (nSPS) is 25.5. The number of alkyl halides is 3. The van der Waals surface area contributed by atoms with Crippen LogP contribution < -0.4 is 21.9 Å². The second-order valence-corrected chi connectivity index (χ2v) is 6.34. The molecule has 0 bridgehead atoms. The second-order valence-electron chi connectivity index (χ2n) is 6.34. The van der Waals surface area contributed by atoms with Gasteiger partial charge in [0.15, 0.2) is 0 Å². The van der Waals surface area contributed by atoms with Crippen LogP contribution in [0, 0.1) is 0 Å². The van der Waals surface area contributed by atoms with Gasteiger partial charge >= 0.3 is 0 Å². The zero-order valence-corrected chi connectivity index (χ0v) is 12.9. The number of carbonyl (C=O) groups excluding carboxylic acids is 1.